The summed E-state index contributed by atoms with van der Waals surface area (Å²) in [5.74, 6) is -0.0347. The van der Waals surface area contributed by atoms with Crippen molar-refractivity contribution in [2.45, 2.75) is 39.3 Å². The van der Waals surface area contributed by atoms with Crippen LogP contribution in [0.1, 0.15) is 27.7 Å². The van der Waals surface area contributed by atoms with Gasteiger partial charge in [0.15, 0.2) is 0 Å². The fourth-order valence-corrected chi connectivity index (χ4v) is 3.12. The number of para-hydroxylation sites is 1. The number of piperazine rings is 1. The van der Waals surface area contributed by atoms with E-state index in [-0.39, 0.29) is 23.4 Å². The first-order valence-electron chi connectivity index (χ1n) is 8.98. The Morgan fingerprint density at radius 2 is 1.77 bits per heavy atom. The molecule has 1 atom stereocenters. The first-order chi connectivity index (χ1) is 12.2. The molecule has 0 spiro atoms. The van der Waals surface area contributed by atoms with Gasteiger partial charge in [0.2, 0.25) is 11.8 Å². The van der Waals surface area contributed by atoms with E-state index in [2.05, 4.69) is 20.4 Å². The highest BCUT2D eigenvalue weighted by Gasteiger charge is 2.27. The van der Waals surface area contributed by atoms with E-state index >= 15 is 0 Å². The number of benzene rings is 1. The van der Waals surface area contributed by atoms with Crippen LogP contribution in [-0.4, -0.2) is 65.9 Å². The van der Waals surface area contributed by atoms with Crippen LogP contribution in [0.15, 0.2) is 24.3 Å². The van der Waals surface area contributed by atoms with Gasteiger partial charge >= 0.3 is 0 Å². The summed E-state index contributed by atoms with van der Waals surface area (Å²) in [4.78, 5) is 28.8. The number of halogens is 1. The highest BCUT2D eigenvalue weighted by molar-refractivity contribution is 6.33. The number of hydrogen-bond donors (Lipinski definition) is 2. The van der Waals surface area contributed by atoms with Gasteiger partial charge in [0, 0.05) is 31.7 Å². The Hall–Kier alpha value is -1.63. The lowest BCUT2D eigenvalue weighted by Gasteiger charge is -2.37. The molecule has 1 aromatic carbocycles. The molecule has 0 bridgehead atoms. The first-order valence-corrected chi connectivity index (χ1v) is 9.36. The van der Waals surface area contributed by atoms with Gasteiger partial charge in [-0.05, 0) is 39.8 Å². The predicted octanol–water partition coefficient (Wildman–Crippen LogP) is 2.20. The van der Waals surface area contributed by atoms with E-state index in [4.69, 9.17) is 11.6 Å². The van der Waals surface area contributed by atoms with Crippen molar-refractivity contribution in [3.05, 3.63) is 29.3 Å². The molecule has 144 valence electrons. The lowest BCUT2D eigenvalue weighted by Crippen LogP contribution is -2.55. The number of rotatable bonds is 5. The largest absolute Gasteiger partial charge is 0.350 e. The third kappa shape index (κ3) is 6.27. The maximum Gasteiger partial charge on any atom is 0.241 e. The van der Waals surface area contributed by atoms with Crippen LogP contribution in [-0.2, 0) is 9.59 Å². The summed E-state index contributed by atoms with van der Waals surface area (Å²) in [7, 11) is 0. The maximum absolute atomic E-state index is 12.5. The molecule has 1 aliphatic rings. The summed E-state index contributed by atoms with van der Waals surface area (Å²) in [6.45, 7) is 11.2. The maximum atomic E-state index is 12.5. The SMILES string of the molecule is CC(C(=O)Nc1ccccc1Cl)N1CCN(CC(=O)NC(C)(C)C)CC1. The van der Waals surface area contributed by atoms with E-state index in [0.717, 1.165) is 26.2 Å². The molecule has 2 rings (SSSR count). The zero-order valence-corrected chi connectivity index (χ0v) is 16.8. The van der Waals surface area contributed by atoms with E-state index in [1.165, 1.54) is 0 Å². The number of carbonyl (C=O) groups is 2. The van der Waals surface area contributed by atoms with E-state index < -0.39 is 0 Å². The van der Waals surface area contributed by atoms with Crippen LogP contribution in [0.2, 0.25) is 5.02 Å². The van der Waals surface area contributed by atoms with Crippen molar-refractivity contribution in [1.82, 2.24) is 15.1 Å². The Morgan fingerprint density at radius 3 is 2.35 bits per heavy atom. The van der Waals surface area contributed by atoms with E-state index in [1.807, 2.05) is 39.8 Å². The molecule has 0 aliphatic carbocycles. The van der Waals surface area contributed by atoms with Gasteiger partial charge < -0.3 is 10.6 Å². The van der Waals surface area contributed by atoms with Crippen LogP contribution in [0.25, 0.3) is 0 Å². The minimum Gasteiger partial charge on any atom is -0.350 e. The minimum absolute atomic E-state index is 0.0375. The second-order valence-corrected chi connectivity index (χ2v) is 8.16. The number of nitrogens with one attached hydrogen (secondary N) is 2. The van der Waals surface area contributed by atoms with Gasteiger partial charge in [0.1, 0.15) is 0 Å². The van der Waals surface area contributed by atoms with Crippen molar-refractivity contribution < 1.29 is 9.59 Å². The van der Waals surface area contributed by atoms with Crippen molar-refractivity contribution in [3.63, 3.8) is 0 Å². The van der Waals surface area contributed by atoms with Crippen LogP contribution < -0.4 is 10.6 Å². The van der Waals surface area contributed by atoms with Gasteiger partial charge in [-0.15, -0.1) is 0 Å². The molecule has 1 heterocycles. The molecule has 1 fully saturated rings. The standard InChI is InChI=1S/C19H29ClN4O2/c1-14(18(26)21-16-8-6-5-7-15(16)20)24-11-9-23(10-12-24)13-17(25)22-19(2,3)4/h5-8,14H,9-13H2,1-4H3,(H,21,26)(H,22,25). The summed E-state index contributed by atoms with van der Waals surface area (Å²) in [5, 5.41) is 6.40. The minimum atomic E-state index is -0.253. The molecule has 0 aromatic heterocycles. The smallest absolute Gasteiger partial charge is 0.241 e. The Morgan fingerprint density at radius 1 is 1.15 bits per heavy atom. The number of nitrogens with zero attached hydrogens (tertiary/aromatic N) is 2. The van der Waals surface area contributed by atoms with Crippen LogP contribution >= 0.6 is 11.6 Å². The molecular formula is C19H29ClN4O2. The van der Waals surface area contributed by atoms with Crippen LogP contribution in [0.3, 0.4) is 0 Å². The van der Waals surface area contributed by atoms with Crippen molar-refractivity contribution in [1.29, 1.82) is 0 Å². The van der Waals surface area contributed by atoms with Crippen LogP contribution in [0.5, 0.6) is 0 Å². The third-order valence-electron chi connectivity index (χ3n) is 4.35. The number of carbonyl (C=O) groups excluding carboxylic acids is 2. The molecular weight excluding hydrogens is 352 g/mol. The Balaban J connectivity index is 1.80. The molecule has 7 heteroatoms. The second kappa shape index (κ2) is 8.84. The molecule has 2 amide bonds. The molecule has 0 saturated carbocycles. The van der Waals surface area contributed by atoms with E-state index in [9.17, 15) is 9.59 Å². The average Bonchev–Trinajstić information content (AvgIpc) is 2.55. The highest BCUT2D eigenvalue weighted by Crippen LogP contribution is 2.21. The number of anilines is 1. The molecule has 1 aromatic rings. The van der Waals surface area contributed by atoms with Crippen molar-refractivity contribution in [2.24, 2.45) is 0 Å². The molecule has 6 nitrogen and oxygen atoms in total. The van der Waals surface area contributed by atoms with Crippen molar-refractivity contribution in [2.75, 3.05) is 38.0 Å². The fraction of sp³-hybridized carbons (Fsp3) is 0.579. The van der Waals surface area contributed by atoms with Crippen LogP contribution in [0, 0.1) is 0 Å². The topological polar surface area (TPSA) is 64.7 Å². The lowest BCUT2D eigenvalue weighted by atomic mass is 10.1. The Labute approximate surface area is 160 Å². The third-order valence-corrected chi connectivity index (χ3v) is 4.68. The predicted molar refractivity (Wildman–Crippen MR) is 105 cm³/mol. The van der Waals surface area contributed by atoms with Gasteiger partial charge in [-0.3, -0.25) is 19.4 Å². The second-order valence-electron chi connectivity index (χ2n) is 7.76. The highest BCUT2D eigenvalue weighted by atomic mass is 35.5. The normalized spacial score (nSPS) is 17.6. The van der Waals surface area contributed by atoms with Crippen LogP contribution in [0.4, 0.5) is 5.69 Å². The molecule has 1 saturated heterocycles. The van der Waals surface area contributed by atoms with Crippen molar-refractivity contribution in [3.8, 4) is 0 Å². The van der Waals surface area contributed by atoms with Gasteiger partial charge in [0.05, 0.1) is 23.3 Å². The monoisotopic (exact) mass is 380 g/mol. The molecule has 0 radical (unpaired) electrons. The zero-order valence-electron chi connectivity index (χ0n) is 16.0. The van der Waals surface area contributed by atoms with Crippen molar-refractivity contribution >= 4 is 29.1 Å². The average molecular weight is 381 g/mol. The van der Waals surface area contributed by atoms with E-state index in [1.54, 1.807) is 12.1 Å². The molecule has 1 aliphatic heterocycles. The fourth-order valence-electron chi connectivity index (χ4n) is 2.94. The lowest BCUT2D eigenvalue weighted by molar-refractivity contribution is -0.125. The molecule has 2 N–H and O–H groups in total. The Bertz CT molecular complexity index is 637. The molecule has 1 unspecified atom stereocenters. The van der Waals surface area contributed by atoms with E-state index in [0.29, 0.717) is 17.3 Å². The summed E-state index contributed by atoms with van der Waals surface area (Å²) < 4.78 is 0. The molecule has 26 heavy (non-hydrogen) atoms. The van der Waals surface area contributed by atoms with Gasteiger partial charge in [-0.2, -0.15) is 0 Å². The summed E-state index contributed by atoms with van der Waals surface area (Å²) >= 11 is 6.10. The summed E-state index contributed by atoms with van der Waals surface area (Å²) in [6, 6.07) is 6.96. The van der Waals surface area contributed by atoms with Gasteiger partial charge in [0.25, 0.3) is 0 Å². The quantitative estimate of drug-likeness (QED) is 0.822. The number of amides is 2. The number of hydrogen-bond acceptors (Lipinski definition) is 4. The Kier molecular flexibility index (Phi) is 7.03. The van der Waals surface area contributed by atoms with Gasteiger partial charge in [-0.25, -0.2) is 0 Å². The van der Waals surface area contributed by atoms with Gasteiger partial charge in [-0.1, -0.05) is 23.7 Å². The summed E-state index contributed by atoms with van der Waals surface area (Å²) in [6.07, 6.45) is 0. The summed E-state index contributed by atoms with van der Waals surface area (Å²) in [5.41, 5.74) is 0.410. The first kappa shape index (κ1) is 20.7. The zero-order chi connectivity index (χ0) is 19.3.